The molecule has 1 aliphatic heterocycles. The van der Waals surface area contributed by atoms with Crippen molar-refractivity contribution in [2.24, 2.45) is 0 Å². The fourth-order valence-corrected chi connectivity index (χ4v) is 3.30. The molecule has 1 aromatic heterocycles. The molecule has 4 rings (SSSR count). The number of cyclic esters (lactones) is 1. The monoisotopic (exact) mass is 390 g/mol. The maximum Gasteiger partial charge on any atom is 0.408 e. The minimum absolute atomic E-state index is 0.0494. The van der Waals surface area contributed by atoms with Crippen molar-refractivity contribution in [2.75, 3.05) is 0 Å². The highest BCUT2D eigenvalue weighted by atomic mass is 19.1. The number of nitrogens with one attached hydrogen (secondary N) is 1. The van der Waals surface area contributed by atoms with E-state index in [1.165, 1.54) is 0 Å². The third-order valence-electron chi connectivity index (χ3n) is 4.81. The third-order valence-corrected chi connectivity index (χ3v) is 4.81. The highest BCUT2D eigenvalue weighted by Gasteiger charge is 2.48. The van der Waals surface area contributed by atoms with Crippen LogP contribution in [0.25, 0.3) is 0 Å². The van der Waals surface area contributed by atoms with Crippen LogP contribution in [0, 0.1) is 23.5 Å². The van der Waals surface area contributed by atoms with E-state index in [1.54, 1.807) is 25.4 Å². The van der Waals surface area contributed by atoms with Crippen molar-refractivity contribution in [3.8, 4) is 11.8 Å². The topological polar surface area (TPSA) is 51.2 Å². The second kappa shape index (κ2) is 7.36. The van der Waals surface area contributed by atoms with E-state index in [0.717, 1.165) is 23.8 Å². The Morgan fingerprint density at radius 3 is 2.59 bits per heavy atom. The SMILES string of the molecule is C[C@]1(c2cncc(C#Cc3ccccc3)c2)NC(=O)O[C@@H]1c1cc(F)ccc1F. The number of halogens is 2. The summed E-state index contributed by atoms with van der Waals surface area (Å²) < 4.78 is 33.4. The molecule has 2 heterocycles. The standard InChI is InChI=1S/C23H16F2N2O2/c1-23(21(29-22(28)27-23)19-12-18(24)9-10-20(19)25)17-11-16(13-26-14-17)8-7-15-5-3-2-4-6-15/h2-6,9-14,21H,1H3,(H,27,28)/t21-,23-/m1/s1. The van der Waals surface area contributed by atoms with Crippen LogP contribution in [-0.2, 0) is 10.3 Å². The predicted octanol–water partition coefficient (Wildman–Crippen LogP) is 4.46. The summed E-state index contributed by atoms with van der Waals surface area (Å²) in [7, 11) is 0. The zero-order valence-electron chi connectivity index (χ0n) is 15.4. The number of nitrogens with zero attached hydrogens (tertiary/aromatic N) is 1. The Kier molecular flexibility index (Phi) is 4.73. The molecule has 0 bridgehead atoms. The average Bonchev–Trinajstić information content (AvgIpc) is 3.04. The molecule has 1 aliphatic rings. The van der Waals surface area contributed by atoms with Crippen LogP contribution in [0.2, 0.25) is 0 Å². The number of hydrogen-bond acceptors (Lipinski definition) is 3. The molecule has 3 aromatic rings. The molecule has 1 fully saturated rings. The third kappa shape index (κ3) is 3.67. The van der Waals surface area contributed by atoms with E-state index < -0.39 is 29.4 Å². The summed E-state index contributed by atoms with van der Waals surface area (Å²) in [5.41, 5.74) is 0.834. The van der Waals surface area contributed by atoms with Crippen molar-refractivity contribution in [3.05, 3.63) is 101 Å². The lowest BCUT2D eigenvalue weighted by Crippen LogP contribution is -2.39. The molecule has 6 heteroatoms. The zero-order chi connectivity index (χ0) is 20.4. The largest absolute Gasteiger partial charge is 0.438 e. The lowest BCUT2D eigenvalue weighted by molar-refractivity contribution is 0.109. The normalized spacial score (nSPS) is 20.4. The van der Waals surface area contributed by atoms with Crippen molar-refractivity contribution in [3.63, 3.8) is 0 Å². The Hall–Kier alpha value is -3.72. The minimum Gasteiger partial charge on any atom is -0.438 e. The first-order valence-corrected chi connectivity index (χ1v) is 8.92. The van der Waals surface area contributed by atoms with Crippen LogP contribution in [0.4, 0.5) is 13.6 Å². The second-order valence-electron chi connectivity index (χ2n) is 6.86. The van der Waals surface area contributed by atoms with Crippen molar-refractivity contribution in [1.82, 2.24) is 10.3 Å². The van der Waals surface area contributed by atoms with E-state index in [4.69, 9.17) is 4.74 Å². The van der Waals surface area contributed by atoms with Gasteiger partial charge in [-0.05, 0) is 43.3 Å². The Bertz CT molecular complexity index is 1140. The molecular weight excluding hydrogens is 374 g/mol. The summed E-state index contributed by atoms with van der Waals surface area (Å²) in [6.07, 6.45) is 1.36. The van der Waals surface area contributed by atoms with Gasteiger partial charge in [-0.15, -0.1) is 0 Å². The summed E-state index contributed by atoms with van der Waals surface area (Å²) in [4.78, 5) is 16.2. The van der Waals surface area contributed by atoms with Gasteiger partial charge in [0.25, 0.3) is 0 Å². The molecule has 144 valence electrons. The smallest absolute Gasteiger partial charge is 0.408 e. The van der Waals surface area contributed by atoms with E-state index in [0.29, 0.717) is 11.1 Å². The van der Waals surface area contributed by atoms with E-state index >= 15 is 0 Å². The van der Waals surface area contributed by atoms with E-state index in [9.17, 15) is 13.6 Å². The predicted molar refractivity (Wildman–Crippen MR) is 103 cm³/mol. The second-order valence-corrected chi connectivity index (χ2v) is 6.86. The molecular formula is C23H16F2N2O2. The van der Waals surface area contributed by atoms with E-state index in [-0.39, 0.29) is 5.56 Å². The lowest BCUT2D eigenvalue weighted by atomic mass is 9.83. The molecule has 29 heavy (non-hydrogen) atoms. The van der Waals surface area contributed by atoms with Crippen LogP contribution in [0.1, 0.15) is 35.3 Å². The first-order chi connectivity index (χ1) is 14.0. The Balaban J connectivity index is 1.73. The number of ether oxygens (including phenoxy) is 1. The summed E-state index contributed by atoms with van der Waals surface area (Å²) in [5.74, 6) is 4.79. The first kappa shape index (κ1) is 18.6. The summed E-state index contributed by atoms with van der Waals surface area (Å²) >= 11 is 0. The highest BCUT2D eigenvalue weighted by molar-refractivity contribution is 5.72. The molecule has 1 N–H and O–H groups in total. The number of hydrogen-bond donors (Lipinski definition) is 1. The molecule has 0 saturated carbocycles. The Morgan fingerprint density at radius 1 is 1.03 bits per heavy atom. The first-order valence-electron chi connectivity index (χ1n) is 8.92. The van der Waals surface area contributed by atoms with Crippen LogP contribution in [-0.4, -0.2) is 11.1 Å². The molecule has 1 amide bonds. The molecule has 0 unspecified atom stereocenters. The maximum absolute atomic E-state index is 14.4. The quantitative estimate of drug-likeness (QED) is 0.658. The molecule has 0 aliphatic carbocycles. The van der Waals surface area contributed by atoms with Crippen LogP contribution in [0.15, 0.2) is 67.0 Å². The molecule has 2 atom stereocenters. The fourth-order valence-electron chi connectivity index (χ4n) is 3.30. The Labute approximate surface area is 166 Å². The van der Waals surface area contributed by atoms with Gasteiger partial charge in [-0.3, -0.25) is 4.98 Å². The van der Waals surface area contributed by atoms with Gasteiger partial charge in [0, 0.05) is 34.6 Å². The molecule has 0 spiro atoms. The maximum atomic E-state index is 14.4. The number of rotatable bonds is 2. The number of amides is 1. The van der Waals surface area contributed by atoms with Crippen LogP contribution in [0.5, 0.6) is 0 Å². The summed E-state index contributed by atoms with van der Waals surface area (Å²) in [6.45, 7) is 1.68. The Morgan fingerprint density at radius 2 is 1.79 bits per heavy atom. The number of pyridine rings is 1. The van der Waals surface area contributed by atoms with Gasteiger partial charge in [0.05, 0.1) is 0 Å². The van der Waals surface area contributed by atoms with Gasteiger partial charge in [-0.25, -0.2) is 13.6 Å². The van der Waals surface area contributed by atoms with Crippen molar-refractivity contribution in [2.45, 2.75) is 18.6 Å². The van der Waals surface area contributed by atoms with Crippen molar-refractivity contribution >= 4 is 6.09 Å². The number of aromatic nitrogens is 1. The van der Waals surface area contributed by atoms with Gasteiger partial charge >= 0.3 is 6.09 Å². The van der Waals surface area contributed by atoms with Gasteiger partial charge in [0.2, 0.25) is 0 Å². The molecule has 1 saturated heterocycles. The van der Waals surface area contributed by atoms with Gasteiger partial charge in [-0.1, -0.05) is 30.0 Å². The minimum atomic E-state index is -1.15. The van der Waals surface area contributed by atoms with Crippen LogP contribution < -0.4 is 5.32 Å². The van der Waals surface area contributed by atoms with Gasteiger partial charge < -0.3 is 10.1 Å². The molecule has 0 radical (unpaired) electrons. The summed E-state index contributed by atoms with van der Waals surface area (Å²) in [6, 6.07) is 14.3. The van der Waals surface area contributed by atoms with E-state index in [2.05, 4.69) is 22.1 Å². The number of carbonyl (C=O) groups excluding carboxylic acids is 1. The lowest BCUT2D eigenvalue weighted by Gasteiger charge is -2.29. The van der Waals surface area contributed by atoms with Crippen LogP contribution in [0.3, 0.4) is 0 Å². The number of benzene rings is 2. The van der Waals surface area contributed by atoms with Gasteiger partial charge in [-0.2, -0.15) is 0 Å². The fraction of sp³-hybridized carbons (Fsp3) is 0.130. The summed E-state index contributed by atoms with van der Waals surface area (Å²) in [5, 5.41) is 2.70. The van der Waals surface area contributed by atoms with Crippen molar-refractivity contribution in [1.29, 1.82) is 0 Å². The van der Waals surface area contributed by atoms with E-state index in [1.807, 2.05) is 30.3 Å². The molecule has 4 nitrogen and oxygen atoms in total. The van der Waals surface area contributed by atoms with Crippen molar-refractivity contribution < 1.29 is 18.3 Å². The average molecular weight is 390 g/mol. The number of carbonyl (C=O) groups is 1. The van der Waals surface area contributed by atoms with Gasteiger partial charge in [0.15, 0.2) is 6.10 Å². The van der Waals surface area contributed by atoms with Gasteiger partial charge in [0.1, 0.15) is 17.2 Å². The van der Waals surface area contributed by atoms with Crippen LogP contribution >= 0.6 is 0 Å². The zero-order valence-corrected chi connectivity index (χ0v) is 15.4. The highest BCUT2D eigenvalue weighted by Crippen LogP contribution is 2.42. The molecule has 2 aromatic carbocycles. The number of alkyl carbamates (subject to hydrolysis) is 1.